The average molecular weight is 341 g/mol. The first-order valence-corrected chi connectivity index (χ1v) is 9.18. The first-order chi connectivity index (χ1) is 10.6. The predicted molar refractivity (Wildman–Crippen MR) is 91.3 cm³/mol. The van der Waals surface area contributed by atoms with Gasteiger partial charge in [-0.1, -0.05) is 12.1 Å². The van der Waals surface area contributed by atoms with Gasteiger partial charge in [-0.2, -0.15) is 4.31 Å². The molecule has 7 heteroatoms. The third-order valence-corrected chi connectivity index (χ3v) is 5.69. The molecule has 1 aromatic carbocycles. The molecule has 1 aromatic rings. The van der Waals surface area contributed by atoms with Gasteiger partial charge in [0.25, 0.3) is 0 Å². The van der Waals surface area contributed by atoms with E-state index in [9.17, 15) is 13.2 Å². The quantitative estimate of drug-likeness (QED) is 0.749. The van der Waals surface area contributed by atoms with Gasteiger partial charge in [0.15, 0.2) is 0 Å². The highest BCUT2D eigenvalue weighted by Gasteiger charge is 2.22. The number of benzene rings is 1. The minimum absolute atomic E-state index is 0.00295. The van der Waals surface area contributed by atoms with E-state index in [0.29, 0.717) is 19.4 Å². The molecule has 0 radical (unpaired) electrons. The standard InChI is InChI=1S/C16H27N3O3S/c1-12(2)19(4)23(21,22)15-8-6-14(7-9-15)11-18-16(20)10-5-13(3)17/h6-9,12-13H,5,10-11,17H2,1-4H3,(H,18,20). The van der Waals surface area contributed by atoms with E-state index in [4.69, 9.17) is 5.73 Å². The lowest BCUT2D eigenvalue weighted by molar-refractivity contribution is -0.121. The van der Waals surface area contributed by atoms with Gasteiger partial charge >= 0.3 is 0 Å². The van der Waals surface area contributed by atoms with Crippen molar-refractivity contribution in [1.82, 2.24) is 9.62 Å². The van der Waals surface area contributed by atoms with E-state index < -0.39 is 10.0 Å². The molecule has 130 valence electrons. The van der Waals surface area contributed by atoms with Crippen LogP contribution in [0.3, 0.4) is 0 Å². The van der Waals surface area contributed by atoms with Crippen LogP contribution >= 0.6 is 0 Å². The number of nitrogens with two attached hydrogens (primary N) is 1. The third-order valence-electron chi connectivity index (χ3n) is 3.64. The van der Waals surface area contributed by atoms with Crippen LogP contribution in [0.1, 0.15) is 39.2 Å². The van der Waals surface area contributed by atoms with Crippen LogP contribution in [0.15, 0.2) is 29.2 Å². The van der Waals surface area contributed by atoms with Gasteiger partial charge in [0.05, 0.1) is 4.90 Å². The molecule has 3 N–H and O–H groups in total. The Morgan fingerprint density at radius 1 is 1.22 bits per heavy atom. The maximum Gasteiger partial charge on any atom is 0.243 e. The molecule has 6 nitrogen and oxygen atoms in total. The van der Waals surface area contributed by atoms with E-state index in [1.165, 1.54) is 4.31 Å². The first-order valence-electron chi connectivity index (χ1n) is 7.74. The largest absolute Gasteiger partial charge is 0.352 e. The van der Waals surface area contributed by atoms with Crippen molar-refractivity contribution in [2.45, 2.75) is 57.1 Å². The van der Waals surface area contributed by atoms with Crippen molar-refractivity contribution in [3.05, 3.63) is 29.8 Å². The highest BCUT2D eigenvalue weighted by molar-refractivity contribution is 7.89. The smallest absolute Gasteiger partial charge is 0.243 e. The summed E-state index contributed by atoms with van der Waals surface area (Å²) in [6.45, 7) is 5.88. The van der Waals surface area contributed by atoms with Crippen molar-refractivity contribution >= 4 is 15.9 Å². The molecule has 0 heterocycles. The highest BCUT2D eigenvalue weighted by atomic mass is 32.2. The van der Waals surface area contributed by atoms with Crippen LogP contribution in [0, 0.1) is 0 Å². The number of carbonyl (C=O) groups is 1. The number of sulfonamides is 1. The molecule has 23 heavy (non-hydrogen) atoms. The summed E-state index contributed by atoms with van der Waals surface area (Å²) in [5.74, 6) is -0.0569. The van der Waals surface area contributed by atoms with E-state index in [0.717, 1.165) is 5.56 Å². The van der Waals surface area contributed by atoms with E-state index in [2.05, 4.69) is 5.32 Å². The molecule has 0 aliphatic carbocycles. The molecular formula is C16H27N3O3S. The lowest BCUT2D eigenvalue weighted by atomic mass is 10.2. The molecule has 0 saturated heterocycles. The van der Waals surface area contributed by atoms with E-state index in [1.807, 2.05) is 20.8 Å². The monoisotopic (exact) mass is 341 g/mol. The molecule has 0 fully saturated rings. The van der Waals surface area contributed by atoms with E-state index in [1.54, 1.807) is 31.3 Å². The van der Waals surface area contributed by atoms with Crippen LogP contribution in [-0.2, 0) is 21.4 Å². The number of rotatable bonds is 8. The number of amides is 1. The van der Waals surface area contributed by atoms with Crippen molar-refractivity contribution in [3.8, 4) is 0 Å². The fraction of sp³-hybridized carbons (Fsp3) is 0.562. The summed E-state index contributed by atoms with van der Waals surface area (Å²) in [5, 5.41) is 2.80. The molecule has 0 spiro atoms. The van der Waals surface area contributed by atoms with Crippen LogP contribution in [0.2, 0.25) is 0 Å². The Balaban J connectivity index is 2.65. The van der Waals surface area contributed by atoms with Gasteiger partial charge in [0.2, 0.25) is 15.9 Å². The number of nitrogens with one attached hydrogen (secondary N) is 1. The van der Waals surface area contributed by atoms with Gasteiger partial charge in [-0.05, 0) is 44.9 Å². The van der Waals surface area contributed by atoms with E-state index >= 15 is 0 Å². The Hall–Kier alpha value is -1.44. The molecule has 0 aliphatic rings. The van der Waals surface area contributed by atoms with Crippen LogP contribution in [0.4, 0.5) is 0 Å². The van der Waals surface area contributed by atoms with Crippen LogP contribution in [0.5, 0.6) is 0 Å². The average Bonchev–Trinajstić information content (AvgIpc) is 2.50. The van der Waals surface area contributed by atoms with Crippen LogP contribution < -0.4 is 11.1 Å². The fourth-order valence-electron chi connectivity index (χ4n) is 1.87. The SMILES string of the molecule is CC(N)CCC(=O)NCc1ccc(S(=O)(=O)N(C)C(C)C)cc1. The van der Waals surface area contributed by atoms with Crippen molar-refractivity contribution in [1.29, 1.82) is 0 Å². The molecule has 0 bridgehead atoms. The number of hydrogen-bond donors (Lipinski definition) is 2. The van der Waals surface area contributed by atoms with E-state index in [-0.39, 0.29) is 22.9 Å². The topological polar surface area (TPSA) is 92.5 Å². The number of carbonyl (C=O) groups excluding carboxylic acids is 1. The second-order valence-corrected chi connectivity index (χ2v) is 8.05. The molecular weight excluding hydrogens is 314 g/mol. The minimum Gasteiger partial charge on any atom is -0.352 e. The second-order valence-electron chi connectivity index (χ2n) is 6.05. The highest BCUT2D eigenvalue weighted by Crippen LogP contribution is 2.17. The number of hydrogen-bond acceptors (Lipinski definition) is 4. The molecule has 0 aliphatic heterocycles. The summed E-state index contributed by atoms with van der Waals surface area (Å²) in [7, 11) is -1.91. The molecule has 1 rings (SSSR count). The Kier molecular flexibility index (Phi) is 7.18. The zero-order valence-electron chi connectivity index (χ0n) is 14.2. The molecule has 1 amide bonds. The van der Waals surface area contributed by atoms with Gasteiger partial charge in [0, 0.05) is 32.1 Å². The molecule has 0 saturated carbocycles. The van der Waals surface area contributed by atoms with Crippen LogP contribution in [-0.4, -0.2) is 37.8 Å². The summed E-state index contributed by atoms with van der Waals surface area (Å²) in [5.41, 5.74) is 6.46. The molecule has 0 aromatic heterocycles. The molecule has 1 unspecified atom stereocenters. The van der Waals surface area contributed by atoms with Crippen molar-refractivity contribution in [2.24, 2.45) is 5.73 Å². The first kappa shape index (κ1) is 19.6. The third kappa shape index (κ3) is 5.93. The normalized spacial score (nSPS) is 13.3. The number of nitrogens with zero attached hydrogens (tertiary/aromatic N) is 1. The zero-order chi connectivity index (χ0) is 17.6. The van der Waals surface area contributed by atoms with Crippen molar-refractivity contribution < 1.29 is 13.2 Å². The van der Waals surface area contributed by atoms with Gasteiger partial charge in [-0.15, -0.1) is 0 Å². The van der Waals surface area contributed by atoms with Crippen molar-refractivity contribution in [2.75, 3.05) is 7.05 Å². The Labute approximate surface area is 139 Å². The van der Waals surface area contributed by atoms with Gasteiger partial charge < -0.3 is 11.1 Å². The summed E-state index contributed by atoms with van der Waals surface area (Å²) < 4.78 is 26.0. The maximum absolute atomic E-state index is 12.3. The summed E-state index contributed by atoms with van der Waals surface area (Å²) in [4.78, 5) is 11.9. The van der Waals surface area contributed by atoms with Gasteiger partial charge in [-0.25, -0.2) is 8.42 Å². The van der Waals surface area contributed by atoms with Crippen molar-refractivity contribution in [3.63, 3.8) is 0 Å². The van der Waals surface area contributed by atoms with Gasteiger partial charge in [0.1, 0.15) is 0 Å². The predicted octanol–water partition coefficient (Wildman–Crippen LogP) is 1.46. The van der Waals surface area contributed by atoms with Crippen LogP contribution in [0.25, 0.3) is 0 Å². The lowest BCUT2D eigenvalue weighted by Crippen LogP contribution is -2.33. The maximum atomic E-state index is 12.3. The summed E-state index contributed by atoms with van der Waals surface area (Å²) in [6.07, 6.45) is 1.04. The summed E-state index contributed by atoms with van der Waals surface area (Å²) >= 11 is 0. The summed E-state index contributed by atoms with van der Waals surface area (Å²) in [6, 6.07) is 6.46. The minimum atomic E-state index is -3.47. The second kappa shape index (κ2) is 8.42. The fourth-order valence-corrected chi connectivity index (χ4v) is 3.24. The Morgan fingerprint density at radius 3 is 2.26 bits per heavy atom. The Bertz CT molecular complexity index is 610. The Morgan fingerprint density at radius 2 is 1.78 bits per heavy atom. The zero-order valence-corrected chi connectivity index (χ0v) is 15.1. The van der Waals surface area contributed by atoms with Gasteiger partial charge in [-0.3, -0.25) is 4.79 Å². The lowest BCUT2D eigenvalue weighted by Gasteiger charge is -2.21. The molecule has 1 atom stereocenters.